The van der Waals surface area contributed by atoms with E-state index >= 15 is 0 Å². The van der Waals surface area contributed by atoms with Crippen LogP contribution in [0.1, 0.15) is 19.8 Å². The highest BCUT2D eigenvalue weighted by atomic mass is 35.5. The van der Waals surface area contributed by atoms with E-state index in [1.807, 2.05) is 0 Å². The quantitative estimate of drug-likeness (QED) is 0.768. The van der Waals surface area contributed by atoms with Crippen LogP contribution in [0.15, 0.2) is 0 Å². The lowest BCUT2D eigenvalue weighted by molar-refractivity contribution is -0.144. The molecule has 0 aromatic heterocycles. The maximum absolute atomic E-state index is 11.4. The fourth-order valence-corrected chi connectivity index (χ4v) is 2.88. The third-order valence-corrected chi connectivity index (χ3v) is 3.87. The van der Waals surface area contributed by atoms with Crippen molar-refractivity contribution in [3.05, 3.63) is 0 Å². The van der Waals surface area contributed by atoms with Crippen LogP contribution in [0, 0.1) is 11.3 Å². The number of ether oxygens (including phenoxy) is 1. The maximum Gasteiger partial charge on any atom is 0.310 e. The third-order valence-electron chi connectivity index (χ3n) is 3.87. The molecule has 2 unspecified atom stereocenters. The molecule has 2 rings (SSSR count). The molecule has 0 aliphatic carbocycles. The van der Waals surface area contributed by atoms with Gasteiger partial charge in [-0.25, -0.2) is 0 Å². The van der Waals surface area contributed by atoms with Crippen LogP contribution in [-0.4, -0.2) is 50.7 Å². The van der Waals surface area contributed by atoms with Gasteiger partial charge in [0.05, 0.1) is 13.0 Å². The molecule has 0 saturated carbocycles. The summed E-state index contributed by atoms with van der Waals surface area (Å²) in [6.07, 6.45) is 2.20. The van der Waals surface area contributed by atoms with Gasteiger partial charge in [0.2, 0.25) is 0 Å². The number of esters is 1. The Morgan fingerprint density at radius 1 is 1.59 bits per heavy atom. The predicted octanol–water partition coefficient (Wildman–Crippen LogP) is 0.903. The van der Waals surface area contributed by atoms with Crippen molar-refractivity contribution in [2.45, 2.75) is 19.8 Å². The molecule has 100 valence electrons. The number of methoxy groups -OCH3 is 1. The summed E-state index contributed by atoms with van der Waals surface area (Å²) in [5, 5.41) is 3.41. The zero-order valence-electron chi connectivity index (χ0n) is 10.7. The molecule has 0 amide bonds. The van der Waals surface area contributed by atoms with Crippen LogP contribution in [0.2, 0.25) is 0 Å². The van der Waals surface area contributed by atoms with Crippen LogP contribution >= 0.6 is 12.4 Å². The van der Waals surface area contributed by atoms with Gasteiger partial charge in [0.15, 0.2) is 0 Å². The molecule has 0 radical (unpaired) electrons. The van der Waals surface area contributed by atoms with Crippen molar-refractivity contribution in [1.82, 2.24) is 10.2 Å². The van der Waals surface area contributed by atoms with Gasteiger partial charge >= 0.3 is 5.97 Å². The van der Waals surface area contributed by atoms with Gasteiger partial charge in [-0.15, -0.1) is 12.4 Å². The largest absolute Gasteiger partial charge is 0.469 e. The number of carbonyl (C=O) groups excluding carboxylic acids is 1. The molecular formula is C12H23ClN2O2. The maximum atomic E-state index is 11.4. The lowest BCUT2D eigenvalue weighted by atomic mass is 9.89. The van der Waals surface area contributed by atoms with Crippen LogP contribution in [0.5, 0.6) is 0 Å². The van der Waals surface area contributed by atoms with Gasteiger partial charge < -0.3 is 15.0 Å². The minimum absolute atomic E-state index is 0. The van der Waals surface area contributed by atoms with E-state index in [1.165, 1.54) is 13.5 Å². The monoisotopic (exact) mass is 262 g/mol. The van der Waals surface area contributed by atoms with Gasteiger partial charge in [0, 0.05) is 19.6 Å². The van der Waals surface area contributed by atoms with Crippen molar-refractivity contribution in [3.63, 3.8) is 0 Å². The second-order valence-electron chi connectivity index (χ2n) is 5.48. The molecule has 17 heavy (non-hydrogen) atoms. The molecule has 2 heterocycles. The summed E-state index contributed by atoms with van der Waals surface area (Å²) in [7, 11) is 1.48. The van der Waals surface area contributed by atoms with Crippen molar-refractivity contribution in [3.8, 4) is 0 Å². The molecule has 1 N–H and O–H groups in total. The molecule has 2 saturated heterocycles. The second kappa shape index (κ2) is 6.03. The fraction of sp³-hybridized carbons (Fsp3) is 0.917. The van der Waals surface area contributed by atoms with E-state index in [2.05, 4.69) is 17.1 Å². The Kier molecular flexibility index (Phi) is 5.22. The van der Waals surface area contributed by atoms with E-state index < -0.39 is 0 Å². The van der Waals surface area contributed by atoms with Crippen molar-refractivity contribution < 1.29 is 9.53 Å². The molecule has 0 aromatic rings. The average molecular weight is 263 g/mol. The number of halogens is 1. The van der Waals surface area contributed by atoms with Gasteiger partial charge in [-0.3, -0.25) is 4.79 Å². The van der Waals surface area contributed by atoms with Gasteiger partial charge in [0.1, 0.15) is 0 Å². The summed E-state index contributed by atoms with van der Waals surface area (Å²) in [6.45, 7) is 7.58. The number of nitrogens with zero attached hydrogens (tertiary/aromatic N) is 1. The zero-order chi connectivity index (χ0) is 11.6. The van der Waals surface area contributed by atoms with Crippen LogP contribution in [0.25, 0.3) is 0 Å². The molecule has 2 atom stereocenters. The number of rotatable bonds is 3. The van der Waals surface area contributed by atoms with Crippen molar-refractivity contribution >= 4 is 18.4 Å². The van der Waals surface area contributed by atoms with E-state index in [-0.39, 0.29) is 24.3 Å². The van der Waals surface area contributed by atoms with Gasteiger partial charge in [-0.05, 0) is 31.3 Å². The lowest BCUT2D eigenvalue weighted by Crippen LogP contribution is -2.36. The minimum atomic E-state index is -0.0443. The lowest BCUT2D eigenvalue weighted by Gasteiger charge is -2.28. The van der Waals surface area contributed by atoms with E-state index in [0.29, 0.717) is 5.41 Å². The predicted molar refractivity (Wildman–Crippen MR) is 69.4 cm³/mol. The van der Waals surface area contributed by atoms with Gasteiger partial charge in [-0.1, -0.05) is 6.92 Å². The molecule has 2 aliphatic rings. The Bertz CT molecular complexity index is 267. The van der Waals surface area contributed by atoms with Crippen LogP contribution in [0.3, 0.4) is 0 Å². The summed E-state index contributed by atoms with van der Waals surface area (Å²) in [5.41, 5.74) is 0.394. The summed E-state index contributed by atoms with van der Waals surface area (Å²) >= 11 is 0. The Morgan fingerprint density at radius 3 is 2.94 bits per heavy atom. The van der Waals surface area contributed by atoms with E-state index in [1.54, 1.807) is 0 Å². The number of nitrogens with one attached hydrogen (secondary N) is 1. The minimum Gasteiger partial charge on any atom is -0.469 e. The first-order valence-corrected chi connectivity index (χ1v) is 6.14. The Balaban J connectivity index is 0.00000144. The number of carbonyl (C=O) groups is 1. The normalized spacial score (nSPS) is 33.4. The highest BCUT2D eigenvalue weighted by Gasteiger charge is 2.35. The van der Waals surface area contributed by atoms with Crippen molar-refractivity contribution in [2.75, 3.05) is 39.8 Å². The smallest absolute Gasteiger partial charge is 0.310 e. The summed E-state index contributed by atoms with van der Waals surface area (Å²) < 4.78 is 4.80. The number of hydrogen-bond acceptors (Lipinski definition) is 4. The first-order valence-electron chi connectivity index (χ1n) is 6.14. The summed E-state index contributed by atoms with van der Waals surface area (Å²) in [5.74, 6) is 0.0557. The van der Waals surface area contributed by atoms with Crippen molar-refractivity contribution in [2.24, 2.45) is 11.3 Å². The van der Waals surface area contributed by atoms with Crippen LogP contribution in [0.4, 0.5) is 0 Å². The third kappa shape index (κ3) is 3.57. The molecule has 0 aromatic carbocycles. The molecule has 0 spiro atoms. The van der Waals surface area contributed by atoms with Crippen LogP contribution in [-0.2, 0) is 9.53 Å². The van der Waals surface area contributed by atoms with Gasteiger partial charge in [-0.2, -0.15) is 0 Å². The Labute approximate surface area is 109 Å². The standard InChI is InChI=1S/C12H22N2O2.ClH/c1-12(4-5-13-8-12)9-14-6-3-10(7-14)11(15)16-2;/h10,13H,3-9H2,1-2H3;1H. The average Bonchev–Trinajstić information content (AvgIpc) is 2.87. The molecule has 5 heteroatoms. The molecular weight excluding hydrogens is 240 g/mol. The van der Waals surface area contributed by atoms with Crippen LogP contribution < -0.4 is 5.32 Å². The first-order chi connectivity index (χ1) is 7.63. The number of likely N-dealkylation sites (tertiary alicyclic amines) is 1. The van der Waals surface area contributed by atoms with E-state index in [4.69, 9.17) is 4.74 Å². The molecule has 2 fully saturated rings. The summed E-state index contributed by atoms with van der Waals surface area (Å²) in [6, 6.07) is 0. The summed E-state index contributed by atoms with van der Waals surface area (Å²) in [4.78, 5) is 13.8. The molecule has 2 aliphatic heterocycles. The SMILES string of the molecule is COC(=O)C1CCN(CC2(C)CCNC2)C1.Cl. The van der Waals surface area contributed by atoms with Crippen molar-refractivity contribution in [1.29, 1.82) is 0 Å². The van der Waals surface area contributed by atoms with E-state index in [9.17, 15) is 4.79 Å². The van der Waals surface area contributed by atoms with E-state index in [0.717, 1.165) is 39.1 Å². The topological polar surface area (TPSA) is 41.6 Å². The highest BCUT2D eigenvalue weighted by Crippen LogP contribution is 2.28. The number of hydrogen-bond donors (Lipinski definition) is 1. The second-order valence-corrected chi connectivity index (χ2v) is 5.48. The zero-order valence-corrected chi connectivity index (χ0v) is 11.5. The first kappa shape index (κ1) is 14.7. The Morgan fingerprint density at radius 2 is 2.35 bits per heavy atom. The van der Waals surface area contributed by atoms with Gasteiger partial charge in [0.25, 0.3) is 0 Å². The fourth-order valence-electron chi connectivity index (χ4n) is 2.88. The molecule has 0 bridgehead atoms. The highest BCUT2D eigenvalue weighted by molar-refractivity contribution is 5.85. The molecule has 4 nitrogen and oxygen atoms in total. The Hall–Kier alpha value is -0.320.